The van der Waals surface area contributed by atoms with E-state index in [4.69, 9.17) is 21.9 Å². The van der Waals surface area contributed by atoms with Gasteiger partial charge in [0.1, 0.15) is 15.8 Å². The molecule has 0 unspecified atom stereocenters. The summed E-state index contributed by atoms with van der Waals surface area (Å²) in [5.41, 5.74) is 1.79. The van der Waals surface area contributed by atoms with E-state index in [1.165, 1.54) is 18.2 Å². The fraction of sp³-hybridized carbons (Fsp3) is 0.520. The molecule has 0 bridgehead atoms. The van der Waals surface area contributed by atoms with Crippen molar-refractivity contribution >= 4 is 51.7 Å². The molecule has 1 amide bonds. The Labute approximate surface area is 209 Å². The van der Waals surface area contributed by atoms with Crippen molar-refractivity contribution in [1.29, 1.82) is 0 Å². The number of carbonyl (C=O) groups excluding carboxylic acids is 1. The first kappa shape index (κ1) is 23.5. The maximum Gasteiger partial charge on any atom is 0.267 e. The van der Waals surface area contributed by atoms with Crippen LogP contribution in [0.4, 0.5) is 5.82 Å². The average Bonchev–Trinajstić information content (AvgIpc) is 3.08. The van der Waals surface area contributed by atoms with Gasteiger partial charge in [-0.3, -0.25) is 18.9 Å². The number of nitrogens with zero attached hydrogens (tertiary/aromatic N) is 4. The monoisotopic (exact) mass is 498 g/mol. The van der Waals surface area contributed by atoms with Crippen LogP contribution in [-0.4, -0.2) is 55.9 Å². The summed E-state index contributed by atoms with van der Waals surface area (Å²) >= 11 is 6.90. The van der Waals surface area contributed by atoms with Crippen molar-refractivity contribution in [3.8, 4) is 0 Å². The molecule has 3 fully saturated rings. The normalized spacial score (nSPS) is 25.7. The molecular weight excluding hydrogens is 468 g/mol. The highest BCUT2D eigenvalue weighted by molar-refractivity contribution is 8.26. The van der Waals surface area contributed by atoms with Crippen molar-refractivity contribution in [1.82, 2.24) is 14.3 Å². The van der Waals surface area contributed by atoms with Gasteiger partial charge in [-0.05, 0) is 51.3 Å². The first-order valence-electron chi connectivity index (χ1n) is 12.0. The van der Waals surface area contributed by atoms with Crippen LogP contribution in [-0.2, 0) is 9.53 Å². The number of amides is 1. The van der Waals surface area contributed by atoms with Crippen LogP contribution in [0.3, 0.4) is 0 Å². The van der Waals surface area contributed by atoms with Gasteiger partial charge >= 0.3 is 0 Å². The van der Waals surface area contributed by atoms with Crippen molar-refractivity contribution in [2.75, 3.05) is 18.0 Å². The standard InChI is InChI=1S/C25H30N4O3S2/c1-15-8-7-11-28-21(15)26-22(27-13-16(2)32-17(3)14-27)19(23(28)30)12-20-24(31)29(25(33)34-20)18-9-5-4-6-10-18/h7-8,11-12,16-18H,4-6,9-10,13-14H2,1-3H3/b20-12+/t16-,17+. The number of aryl methyl sites for hydroxylation is 1. The summed E-state index contributed by atoms with van der Waals surface area (Å²) in [5.74, 6) is 0.509. The molecular formula is C25H30N4O3S2. The van der Waals surface area contributed by atoms with Crippen molar-refractivity contribution in [2.24, 2.45) is 0 Å². The lowest BCUT2D eigenvalue weighted by Crippen LogP contribution is -2.46. The highest BCUT2D eigenvalue weighted by Crippen LogP contribution is 2.38. The lowest BCUT2D eigenvalue weighted by Gasteiger charge is -2.36. The van der Waals surface area contributed by atoms with Crippen LogP contribution in [0.15, 0.2) is 28.0 Å². The third-order valence-corrected chi connectivity index (χ3v) is 8.15. The van der Waals surface area contributed by atoms with Gasteiger partial charge in [0.15, 0.2) is 0 Å². The molecule has 0 spiro atoms. The number of rotatable bonds is 3. The van der Waals surface area contributed by atoms with Gasteiger partial charge in [-0.2, -0.15) is 0 Å². The quantitative estimate of drug-likeness (QED) is 0.465. The minimum Gasteiger partial charge on any atom is -0.372 e. The fourth-order valence-corrected chi connectivity index (χ4v) is 6.67. The number of thioether (sulfide) groups is 1. The number of ether oxygens (including phenoxy) is 1. The zero-order chi connectivity index (χ0) is 24.0. The number of anilines is 1. The van der Waals surface area contributed by atoms with Gasteiger partial charge in [0.05, 0.1) is 22.7 Å². The summed E-state index contributed by atoms with van der Waals surface area (Å²) in [6.45, 7) is 7.25. The molecule has 7 nitrogen and oxygen atoms in total. The fourth-order valence-electron chi connectivity index (χ4n) is 5.28. The van der Waals surface area contributed by atoms with Crippen LogP contribution in [0.5, 0.6) is 0 Å². The number of thiocarbonyl (C=S) groups is 1. The van der Waals surface area contributed by atoms with E-state index in [1.54, 1.807) is 21.6 Å². The summed E-state index contributed by atoms with van der Waals surface area (Å²) in [6, 6.07) is 3.95. The summed E-state index contributed by atoms with van der Waals surface area (Å²) in [4.78, 5) is 36.5. The maximum absolute atomic E-state index is 13.7. The molecule has 2 atom stereocenters. The number of fused-ring (bicyclic) bond motifs is 1. The van der Waals surface area contributed by atoms with Gasteiger partial charge in [0.25, 0.3) is 11.5 Å². The molecule has 34 heavy (non-hydrogen) atoms. The van der Waals surface area contributed by atoms with E-state index in [2.05, 4.69) is 4.90 Å². The summed E-state index contributed by atoms with van der Waals surface area (Å²) in [6.07, 6.45) is 8.88. The zero-order valence-corrected chi connectivity index (χ0v) is 21.5. The smallest absolute Gasteiger partial charge is 0.267 e. The van der Waals surface area contributed by atoms with E-state index >= 15 is 0 Å². The molecule has 2 saturated heterocycles. The predicted octanol–water partition coefficient (Wildman–Crippen LogP) is 4.15. The lowest BCUT2D eigenvalue weighted by atomic mass is 9.94. The average molecular weight is 499 g/mol. The van der Waals surface area contributed by atoms with Crippen LogP contribution in [0.2, 0.25) is 0 Å². The van der Waals surface area contributed by atoms with Gasteiger partial charge in [0.2, 0.25) is 0 Å². The van der Waals surface area contributed by atoms with Gasteiger partial charge in [-0.15, -0.1) is 0 Å². The molecule has 1 aliphatic carbocycles. The van der Waals surface area contributed by atoms with Crippen LogP contribution < -0.4 is 10.5 Å². The zero-order valence-electron chi connectivity index (χ0n) is 19.8. The topological polar surface area (TPSA) is 67.2 Å². The number of hydrogen-bond donors (Lipinski definition) is 0. The Kier molecular flexibility index (Phi) is 6.52. The molecule has 3 aliphatic rings. The number of hydrogen-bond acceptors (Lipinski definition) is 7. The summed E-state index contributed by atoms with van der Waals surface area (Å²) < 4.78 is 8.07. The molecule has 5 rings (SSSR count). The Hall–Kier alpha value is -2.23. The number of carbonyl (C=O) groups is 1. The molecule has 2 aromatic heterocycles. The van der Waals surface area contributed by atoms with Gasteiger partial charge in [0, 0.05) is 25.3 Å². The van der Waals surface area contributed by atoms with E-state index in [-0.39, 0.29) is 29.7 Å². The highest BCUT2D eigenvalue weighted by Gasteiger charge is 2.38. The first-order valence-corrected chi connectivity index (χ1v) is 13.3. The van der Waals surface area contributed by atoms with E-state index in [0.29, 0.717) is 39.3 Å². The van der Waals surface area contributed by atoms with E-state index in [9.17, 15) is 9.59 Å². The largest absolute Gasteiger partial charge is 0.372 e. The Balaban J connectivity index is 1.62. The van der Waals surface area contributed by atoms with Crippen molar-refractivity contribution in [2.45, 2.75) is 71.1 Å². The second-order valence-corrected chi connectivity index (χ2v) is 11.2. The summed E-state index contributed by atoms with van der Waals surface area (Å²) in [7, 11) is 0. The molecule has 4 heterocycles. The number of aromatic nitrogens is 2. The number of pyridine rings is 1. The van der Waals surface area contributed by atoms with Crippen molar-refractivity contribution < 1.29 is 9.53 Å². The van der Waals surface area contributed by atoms with Crippen LogP contribution in [0.1, 0.15) is 57.1 Å². The third-order valence-electron chi connectivity index (χ3n) is 6.82. The second-order valence-electron chi connectivity index (χ2n) is 9.54. The first-order chi connectivity index (χ1) is 16.3. The predicted molar refractivity (Wildman–Crippen MR) is 140 cm³/mol. The van der Waals surface area contributed by atoms with Gasteiger partial charge in [-0.25, -0.2) is 4.98 Å². The Morgan fingerprint density at radius 3 is 2.56 bits per heavy atom. The molecule has 9 heteroatoms. The maximum atomic E-state index is 13.7. The van der Waals surface area contributed by atoms with Crippen LogP contribution >= 0.6 is 24.0 Å². The Bertz CT molecular complexity index is 1220. The number of morpholine rings is 1. The molecule has 0 radical (unpaired) electrons. The van der Waals surface area contributed by atoms with E-state index in [0.717, 1.165) is 31.2 Å². The van der Waals surface area contributed by atoms with Crippen LogP contribution in [0.25, 0.3) is 11.7 Å². The molecule has 0 aromatic carbocycles. The second kappa shape index (κ2) is 9.43. The SMILES string of the molecule is Cc1cccn2c(=O)c(/C=C3/SC(=S)N(C4CCCCC4)C3=O)c(N3C[C@@H](C)O[C@@H](C)C3)nc12. The van der Waals surface area contributed by atoms with Crippen LogP contribution in [0, 0.1) is 6.92 Å². The Morgan fingerprint density at radius 1 is 1.15 bits per heavy atom. The summed E-state index contributed by atoms with van der Waals surface area (Å²) in [5, 5.41) is 0. The molecule has 1 saturated carbocycles. The molecule has 2 aromatic rings. The van der Waals surface area contributed by atoms with E-state index in [1.807, 2.05) is 32.9 Å². The molecule has 0 N–H and O–H groups in total. The highest BCUT2D eigenvalue weighted by atomic mass is 32.2. The molecule has 180 valence electrons. The van der Waals surface area contributed by atoms with E-state index < -0.39 is 0 Å². The minimum atomic E-state index is -0.182. The minimum absolute atomic E-state index is 0.0123. The van der Waals surface area contributed by atoms with Gasteiger partial charge < -0.3 is 9.64 Å². The Morgan fingerprint density at radius 2 is 1.85 bits per heavy atom. The lowest BCUT2D eigenvalue weighted by molar-refractivity contribution is -0.124. The third kappa shape index (κ3) is 4.29. The molecule has 2 aliphatic heterocycles. The van der Waals surface area contributed by atoms with Crippen molar-refractivity contribution in [3.05, 3.63) is 44.7 Å². The van der Waals surface area contributed by atoms with Crippen molar-refractivity contribution in [3.63, 3.8) is 0 Å². The van der Waals surface area contributed by atoms with Gasteiger partial charge in [-0.1, -0.05) is 49.3 Å².